The van der Waals surface area contributed by atoms with Gasteiger partial charge in [-0.3, -0.25) is 4.72 Å². The predicted octanol–water partition coefficient (Wildman–Crippen LogP) is 5.09. The number of amides is 2. The normalized spacial score (nSPS) is 15.3. The Morgan fingerprint density at radius 1 is 1.11 bits per heavy atom. The van der Waals surface area contributed by atoms with Gasteiger partial charge in [0, 0.05) is 23.2 Å². The fourth-order valence-electron chi connectivity index (χ4n) is 3.95. The van der Waals surface area contributed by atoms with Crippen LogP contribution in [-0.2, 0) is 31.2 Å². The highest BCUT2D eigenvalue weighted by atomic mass is 32.2. The summed E-state index contributed by atoms with van der Waals surface area (Å²) in [6.45, 7) is 3.44. The molecule has 0 saturated heterocycles. The second kappa shape index (κ2) is 7.03. The van der Waals surface area contributed by atoms with Gasteiger partial charge in [-0.05, 0) is 80.7 Å². The lowest BCUT2D eigenvalue weighted by molar-refractivity contribution is 0.257. The summed E-state index contributed by atoms with van der Waals surface area (Å²) in [6.07, 6.45) is 8.06. The molecule has 1 aromatic heterocycles. The summed E-state index contributed by atoms with van der Waals surface area (Å²) in [4.78, 5) is 23.4. The molecule has 2 aliphatic rings. The minimum Gasteiger partial charge on any atom is -0.456 e. The number of urea groups is 1. The van der Waals surface area contributed by atoms with Crippen LogP contribution in [0.5, 0.6) is 0 Å². The largest absolute Gasteiger partial charge is 0.456 e. The average Bonchev–Trinajstić information content (AvgIpc) is 3.39. The third kappa shape index (κ3) is 3.48. The number of aryl methyl sites for hydroxylation is 2. The van der Waals surface area contributed by atoms with Crippen LogP contribution < -0.4 is 10.0 Å². The Hall–Kier alpha value is -2.28. The lowest BCUT2D eigenvalue weighted by Gasteiger charge is -2.16. The van der Waals surface area contributed by atoms with E-state index in [1.807, 2.05) is 0 Å². The molecule has 0 unspecified atom stereocenters. The van der Waals surface area contributed by atoms with E-state index in [4.69, 9.17) is 4.42 Å². The maximum atomic E-state index is 12.5. The summed E-state index contributed by atoms with van der Waals surface area (Å²) in [7, 11) is 0. The smallest absolute Gasteiger partial charge is 0.329 e. The molecule has 142 valence electrons. The number of rotatable bonds is 5. The summed E-state index contributed by atoms with van der Waals surface area (Å²) in [5, 5.41) is 6.70. The van der Waals surface area contributed by atoms with Crippen molar-refractivity contribution in [1.82, 2.24) is 4.72 Å². The van der Waals surface area contributed by atoms with Gasteiger partial charge in [-0.2, -0.15) is 0 Å². The monoisotopic (exact) mass is 385 g/mol. The van der Waals surface area contributed by atoms with Gasteiger partial charge in [-0.15, -0.1) is 4.91 Å². The molecule has 27 heavy (non-hydrogen) atoms. The summed E-state index contributed by atoms with van der Waals surface area (Å²) in [5.74, 6) is 0. The molecule has 0 bridgehead atoms. The van der Waals surface area contributed by atoms with Crippen molar-refractivity contribution in [3.8, 4) is 0 Å². The van der Waals surface area contributed by atoms with E-state index in [0.717, 1.165) is 56.2 Å². The molecule has 6 nitrogen and oxygen atoms in total. The molecular weight excluding hydrogens is 362 g/mol. The van der Waals surface area contributed by atoms with Crippen LogP contribution in [0, 0.1) is 4.91 Å². The number of benzene rings is 1. The van der Waals surface area contributed by atoms with Gasteiger partial charge in [-0.25, -0.2) is 4.79 Å². The molecular formula is C20H23N3O3S. The summed E-state index contributed by atoms with van der Waals surface area (Å²) in [6, 6.07) is 3.81. The molecule has 1 heterocycles. The van der Waals surface area contributed by atoms with Crippen LogP contribution in [0.15, 0.2) is 33.1 Å². The van der Waals surface area contributed by atoms with E-state index in [2.05, 4.69) is 21.3 Å². The van der Waals surface area contributed by atoms with Gasteiger partial charge in [0.15, 0.2) is 5.09 Å². The van der Waals surface area contributed by atoms with Crippen LogP contribution in [0.3, 0.4) is 0 Å². The van der Waals surface area contributed by atoms with E-state index in [1.54, 1.807) is 19.9 Å². The Morgan fingerprint density at radius 3 is 2.41 bits per heavy atom. The molecule has 0 aliphatic heterocycles. The standard InChI is InChI=1S/C20H23N3O3S/c1-20(2,23-25)14-10-17(26-11-14)27-22-19(24)21-18-15-7-3-5-12(15)9-13-6-4-8-16(13)18/h9-11H,3-8H2,1-2H3,(H2,21,22,24). The molecule has 4 rings (SSSR count). The summed E-state index contributed by atoms with van der Waals surface area (Å²) in [5.41, 5.74) is 6.22. The van der Waals surface area contributed by atoms with Crippen molar-refractivity contribution in [2.24, 2.45) is 5.18 Å². The number of hydrogen-bond donors (Lipinski definition) is 2. The molecule has 0 radical (unpaired) electrons. The van der Waals surface area contributed by atoms with Crippen LogP contribution in [0.25, 0.3) is 0 Å². The Kier molecular flexibility index (Phi) is 4.72. The van der Waals surface area contributed by atoms with Crippen LogP contribution in [0.4, 0.5) is 10.5 Å². The third-order valence-electron chi connectivity index (χ3n) is 5.47. The first kappa shape index (κ1) is 18.1. The molecule has 0 fully saturated rings. The zero-order valence-electron chi connectivity index (χ0n) is 15.6. The van der Waals surface area contributed by atoms with Gasteiger partial charge in [0.05, 0.1) is 6.26 Å². The van der Waals surface area contributed by atoms with Crippen molar-refractivity contribution < 1.29 is 9.21 Å². The first-order valence-electron chi connectivity index (χ1n) is 9.32. The third-order valence-corrected chi connectivity index (χ3v) is 6.17. The fourth-order valence-corrected chi connectivity index (χ4v) is 4.47. The molecule has 2 aromatic rings. The van der Waals surface area contributed by atoms with Crippen LogP contribution in [-0.4, -0.2) is 6.03 Å². The van der Waals surface area contributed by atoms with Gasteiger partial charge < -0.3 is 9.73 Å². The fraction of sp³-hybridized carbons (Fsp3) is 0.450. The van der Waals surface area contributed by atoms with Gasteiger partial charge in [0.1, 0.15) is 5.54 Å². The van der Waals surface area contributed by atoms with Crippen molar-refractivity contribution in [3.63, 3.8) is 0 Å². The van der Waals surface area contributed by atoms with E-state index in [-0.39, 0.29) is 6.03 Å². The molecule has 7 heteroatoms. The Labute approximate surface area is 162 Å². The quantitative estimate of drug-likeness (QED) is 0.555. The number of fused-ring (bicyclic) bond motifs is 2. The SMILES string of the molecule is CC(C)(N=O)c1coc(SNC(=O)Nc2c3c(cc4c2CCC4)CCC3)c1. The van der Waals surface area contributed by atoms with E-state index in [1.165, 1.54) is 28.5 Å². The predicted molar refractivity (Wildman–Crippen MR) is 106 cm³/mol. The van der Waals surface area contributed by atoms with E-state index >= 15 is 0 Å². The van der Waals surface area contributed by atoms with E-state index < -0.39 is 5.54 Å². The maximum Gasteiger partial charge on any atom is 0.329 e. The lowest BCUT2D eigenvalue weighted by Crippen LogP contribution is -2.24. The van der Waals surface area contributed by atoms with Gasteiger partial charge in [0.25, 0.3) is 0 Å². The van der Waals surface area contributed by atoms with Crippen LogP contribution >= 0.6 is 11.9 Å². The van der Waals surface area contributed by atoms with Gasteiger partial charge in [0.2, 0.25) is 0 Å². The number of carbonyl (C=O) groups is 1. The van der Waals surface area contributed by atoms with E-state index in [9.17, 15) is 9.70 Å². The number of carbonyl (C=O) groups excluding carboxylic acids is 1. The second-order valence-corrected chi connectivity index (χ2v) is 8.51. The minimum atomic E-state index is -0.851. The average molecular weight is 385 g/mol. The van der Waals surface area contributed by atoms with Gasteiger partial charge in [-0.1, -0.05) is 11.2 Å². The zero-order valence-corrected chi connectivity index (χ0v) is 16.4. The molecule has 0 spiro atoms. The minimum absolute atomic E-state index is 0.264. The zero-order chi connectivity index (χ0) is 19.0. The molecule has 2 aliphatic carbocycles. The van der Waals surface area contributed by atoms with Crippen molar-refractivity contribution in [1.29, 1.82) is 0 Å². The Balaban J connectivity index is 1.45. The second-order valence-electron chi connectivity index (χ2n) is 7.70. The van der Waals surface area contributed by atoms with E-state index in [0.29, 0.717) is 10.7 Å². The van der Waals surface area contributed by atoms with Crippen molar-refractivity contribution in [3.05, 3.63) is 51.1 Å². The van der Waals surface area contributed by atoms with Crippen molar-refractivity contribution in [2.45, 2.75) is 63.0 Å². The highest BCUT2D eigenvalue weighted by Crippen LogP contribution is 2.38. The summed E-state index contributed by atoms with van der Waals surface area (Å²) >= 11 is 1.09. The number of anilines is 1. The topological polar surface area (TPSA) is 83.7 Å². The molecule has 1 aromatic carbocycles. The van der Waals surface area contributed by atoms with Crippen molar-refractivity contribution >= 4 is 23.7 Å². The van der Waals surface area contributed by atoms with Crippen LogP contribution in [0.1, 0.15) is 54.5 Å². The van der Waals surface area contributed by atoms with Crippen LogP contribution in [0.2, 0.25) is 0 Å². The summed E-state index contributed by atoms with van der Waals surface area (Å²) < 4.78 is 8.20. The number of hydrogen-bond acceptors (Lipinski definition) is 5. The lowest BCUT2D eigenvalue weighted by atomic mass is 9.99. The molecule has 2 amide bonds. The number of nitrogens with zero attached hydrogens (tertiary/aromatic N) is 1. The Bertz CT molecular complexity index is 872. The number of furan rings is 1. The molecule has 2 N–H and O–H groups in total. The van der Waals surface area contributed by atoms with Gasteiger partial charge >= 0.3 is 6.03 Å². The van der Waals surface area contributed by atoms with Crippen molar-refractivity contribution in [2.75, 3.05) is 5.32 Å². The first-order chi connectivity index (χ1) is 13.0. The number of nitrogens with one attached hydrogen (secondary N) is 2. The first-order valence-corrected chi connectivity index (χ1v) is 10.1. The molecule has 0 atom stereocenters. The highest BCUT2D eigenvalue weighted by Gasteiger charge is 2.26. The Morgan fingerprint density at radius 2 is 1.78 bits per heavy atom. The highest BCUT2D eigenvalue weighted by molar-refractivity contribution is 7.97. The molecule has 0 saturated carbocycles. The maximum absolute atomic E-state index is 12.5. The number of nitroso groups, excluding NO2 is 1.